The molecule has 1 unspecified atom stereocenters. The molecule has 1 aromatic carbocycles. The molecule has 4 heteroatoms. The highest BCUT2D eigenvalue weighted by molar-refractivity contribution is 9.10. The van der Waals surface area contributed by atoms with Crippen molar-refractivity contribution in [1.29, 1.82) is 0 Å². The van der Waals surface area contributed by atoms with Crippen molar-refractivity contribution in [1.82, 2.24) is 5.43 Å². The summed E-state index contributed by atoms with van der Waals surface area (Å²) in [5.41, 5.74) is 4.33. The number of hydrogen-bond acceptors (Lipinski definition) is 2. The van der Waals surface area contributed by atoms with Gasteiger partial charge in [-0.1, -0.05) is 25.8 Å². The van der Waals surface area contributed by atoms with Gasteiger partial charge >= 0.3 is 0 Å². The smallest absolute Gasteiger partial charge is 0.137 e. The summed E-state index contributed by atoms with van der Waals surface area (Å²) in [5.74, 6) is 5.50. The van der Waals surface area contributed by atoms with Crippen LogP contribution in [0.5, 0.6) is 0 Å². The maximum atomic E-state index is 13.2. The number of benzene rings is 1. The molecule has 1 aromatic rings. The first kappa shape index (κ1) is 14.0. The van der Waals surface area contributed by atoms with Gasteiger partial charge in [-0.05, 0) is 58.3 Å². The zero-order valence-electron chi connectivity index (χ0n) is 10.7. The Balaban J connectivity index is 2.12. The van der Waals surface area contributed by atoms with Crippen molar-refractivity contribution in [2.45, 2.75) is 45.1 Å². The number of rotatable bonds is 4. The normalized spacial score (nSPS) is 20.0. The lowest BCUT2D eigenvalue weighted by Gasteiger charge is -2.33. The molecule has 1 aliphatic rings. The summed E-state index contributed by atoms with van der Waals surface area (Å²) in [6.45, 7) is 2.29. The van der Waals surface area contributed by atoms with Crippen molar-refractivity contribution < 1.29 is 4.39 Å². The average molecular weight is 315 g/mol. The lowest BCUT2D eigenvalue weighted by molar-refractivity contribution is 0.221. The summed E-state index contributed by atoms with van der Waals surface area (Å²) in [4.78, 5) is 0. The minimum absolute atomic E-state index is 0.219. The molecule has 2 nitrogen and oxygen atoms in total. The molecule has 2 rings (SSSR count). The number of nitrogens with one attached hydrogen (secondary N) is 1. The van der Waals surface area contributed by atoms with Crippen LogP contribution in [0.1, 0.15) is 38.2 Å². The van der Waals surface area contributed by atoms with E-state index in [1.807, 2.05) is 12.1 Å². The molecule has 3 N–H and O–H groups in total. The molecule has 0 aliphatic heterocycles. The van der Waals surface area contributed by atoms with Crippen LogP contribution in [0.15, 0.2) is 22.7 Å². The maximum Gasteiger partial charge on any atom is 0.137 e. The average Bonchev–Trinajstić information content (AvgIpc) is 2.78. The van der Waals surface area contributed by atoms with Gasteiger partial charge < -0.3 is 0 Å². The summed E-state index contributed by atoms with van der Waals surface area (Å²) >= 11 is 3.23. The topological polar surface area (TPSA) is 38.0 Å². The van der Waals surface area contributed by atoms with Gasteiger partial charge in [0.25, 0.3) is 0 Å². The van der Waals surface area contributed by atoms with Crippen LogP contribution in [0, 0.1) is 11.2 Å². The Morgan fingerprint density at radius 3 is 2.67 bits per heavy atom. The lowest BCUT2D eigenvalue weighted by Crippen LogP contribution is -2.47. The predicted molar refractivity (Wildman–Crippen MR) is 75.5 cm³/mol. The molecule has 1 atom stereocenters. The Morgan fingerprint density at radius 2 is 2.11 bits per heavy atom. The van der Waals surface area contributed by atoms with Crippen LogP contribution in [-0.2, 0) is 6.42 Å². The van der Waals surface area contributed by atoms with Crippen LogP contribution in [0.3, 0.4) is 0 Å². The fraction of sp³-hybridized carbons (Fsp3) is 0.571. The van der Waals surface area contributed by atoms with Gasteiger partial charge in [-0.3, -0.25) is 11.3 Å². The molecule has 0 spiro atoms. The fourth-order valence-electron chi connectivity index (χ4n) is 2.94. The van der Waals surface area contributed by atoms with Gasteiger partial charge in [-0.25, -0.2) is 4.39 Å². The van der Waals surface area contributed by atoms with Crippen molar-refractivity contribution in [3.05, 3.63) is 34.1 Å². The van der Waals surface area contributed by atoms with Gasteiger partial charge in [-0.2, -0.15) is 0 Å². The molecule has 0 amide bonds. The molecule has 0 radical (unpaired) electrons. The summed E-state index contributed by atoms with van der Waals surface area (Å²) in [5, 5.41) is 0. The Morgan fingerprint density at radius 1 is 1.44 bits per heavy atom. The molecular weight excluding hydrogens is 295 g/mol. The third-order valence-electron chi connectivity index (χ3n) is 4.21. The van der Waals surface area contributed by atoms with Gasteiger partial charge in [0, 0.05) is 6.04 Å². The highest BCUT2D eigenvalue weighted by atomic mass is 79.9. The van der Waals surface area contributed by atoms with E-state index < -0.39 is 0 Å². The first-order valence-corrected chi connectivity index (χ1v) is 7.24. The number of halogens is 2. The predicted octanol–water partition coefficient (Wildman–Crippen LogP) is 3.54. The summed E-state index contributed by atoms with van der Waals surface area (Å²) < 4.78 is 13.7. The standard InChI is InChI=1S/C14H20BrFN2/c1-14(6-2-3-7-14)13(18-17)9-10-4-5-12(16)11(15)8-10/h4-5,8,13,18H,2-3,6-7,9,17H2,1H3. The minimum atomic E-state index is -0.219. The second kappa shape index (κ2) is 5.68. The van der Waals surface area contributed by atoms with E-state index in [-0.39, 0.29) is 17.3 Å². The van der Waals surface area contributed by atoms with Gasteiger partial charge in [0.05, 0.1) is 4.47 Å². The van der Waals surface area contributed by atoms with Gasteiger partial charge in [0.1, 0.15) is 5.82 Å². The van der Waals surface area contributed by atoms with Crippen LogP contribution in [-0.4, -0.2) is 6.04 Å². The Hall–Kier alpha value is -0.450. The van der Waals surface area contributed by atoms with Gasteiger partial charge in [-0.15, -0.1) is 0 Å². The maximum absolute atomic E-state index is 13.2. The highest BCUT2D eigenvalue weighted by Crippen LogP contribution is 2.41. The van der Waals surface area contributed by atoms with Crippen LogP contribution in [0.2, 0.25) is 0 Å². The largest absolute Gasteiger partial charge is 0.271 e. The van der Waals surface area contributed by atoms with E-state index in [4.69, 9.17) is 5.84 Å². The number of hydrogen-bond donors (Lipinski definition) is 2. The summed E-state index contributed by atoms with van der Waals surface area (Å²) in [7, 11) is 0. The van der Waals surface area contributed by atoms with E-state index in [2.05, 4.69) is 28.3 Å². The molecule has 1 aliphatic carbocycles. The van der Waals surface area contributed by atoms with Crippen molar-refractivity contribution in [3.8, 4) is 0 Å². The molecule has 0 saturated heterocycles. The van der Waals surface area contributed by atoms with E-state index in [0.717, 1.165) is 12.0 Å². The third-order valence-corrected chi connectivity index (χ3v) is 4.82. The Labute approximate surface area is 116 Å². The Kier molecular flexibility index (Phi) is 4.41. The second-order valence-electron chi connectivity index (χ2n) is 5.53. The number of hydrazine groups is 1. The van der Waals surface area contributed by atoms with E-state index in [1.54, 1.807) is 0 Å². The third kappa shape index (κ3) is 2.92. The zero-order chi connectivity index (χ0) is 13.2. The van der Waals surface area contributed by atoms with E-state index >= 15 is 0 Å². The minimum Gasteiger partial charge on any atom is -0.271 e. The summed E-state index contributed by atoms with van der Waals surface area (Å²) in [6, 6.07) is 5.43. The van der Waals surface area contributed by atoms with Crippen LogP contribution in [0.4, 0.5) is 4.39 Å². The van der Waals surface area contributed by atoms with E-state index in [0.29, 0.717) is 4.47 Å². The monoisotopic (exact) mass is 314 g/mol. The second-order valence-corrected chi connectivity index (χ2v) is 6.39. The molecule has 1 fully saturated rings. The van der Waals surface area contributed by atoms with Crippen LogP contribution < -0.4 is 11.3 Å². The van der Waals surface area contributed by atoms with Gasteiger partial charge in [0.2, 0.25) is 0 Å². The first-order chi connectivity index (χ1) is 8.55. The molecule has 0 bridgehead atoms. The molecule has 0 heterocycles. The Bertz CT molecular complexity index is 416. The molecule has 0 aromatic heterocycles. The molecule has 18 heavy (non-hydrogen) atoms. The quantitative estimate of drug-likeness (QED) is 0.659. The van der Waals surface area contributed by atoms with Crippen molar-refractivity contribution in [2.24, 2.45) is 11.3 Å². The van der Waals surface area contributed by atoms with E-state index in [1.165, 1.54) is 31.7 Å². The van der Waals surface area contributed by atoms with Crippen molar-refractivity contribution in [2.75, 3.05) is 0 Å². The number of nitrogens with two attached hydrogens (primary N) is 1. The van der Waals surface area contributed by atoms with Crippen LogP contribution >= 0.6 is 15.9 Å². The zero-order valence-corrected chi connectivity index (χ0v) is 12.3. The van der Waals surface area contributed by atoms with Crippen molar-refractivity contribution >= 4 is 15.9 Å². The fourth-order valence-corrected chi connectivity index (χ4v) is 3.37. The SMILES string of the molecule is CC1(C(Cc2ccc(F)c(Br)c2)NN)CCCC1. The summed E-state index contributed by atoms with van der Waals surface area (Å²) in [6.07, 6.45) is 5.82. The molecule has 100 valence electrons. The molecule has 1 saturated carbocycles. The van der Waals surface area contributed by atoms with E-state index in [9.17, 15) is 4.39 Å². The van der Waals surface area contributed by atoms with Crippen LogP contribution in [0.25, 0.3) is 0 Å². The lowest BCUT2D eigenvalue weighted by atomic mass is 9.78. The van der Waals surface area contributed by atoms with Crippen molar-refractivity contribution in [3.63, 3.8) is 0 Å². The highest BCUT2D eigenvalue weighted by Gasteiger charge is 2.36. The molecular formula is C14H20BrFN2. The van der Waals surface area contributed by atoms with Gasteiger partial charge in [0.15, 0.2) is 0 Å². The first-order valence-electron chi connectivity index (χ1n) is 6.45.